The molecule has 2 saturated heterocycles. The highest BCUT2D eigenvalue weighted by molar-refractivity contribution is 7.09. The van der Waals surface area contributed by atoms with Gasteiger partial charge in [-0.2, -0.15) is 0 Å². The average molecular weight is 499 g/mol. The van der Waals surface area contributed by atoms with Crippen molar-refractivity contribution in [3.63, 3.8) is 0 Å². The second kappa shape index (κ2) is 8.76. The van der Waals surface area contributed by atoms with Crippen molar-refractivity contribution in [1.82, 2.24) is 19.7 Å². The molecule has 2 aromatic rings. The van der Waals surface area contributed by atoms with Crippen LogP contribution in [0.15, 0.2) is 28.2 Å². The number of furan rings is 1. The van der Waals surface area contributed by atoms with Crippen LogP contribution in [0.25, 0.3) is 0 Å². The van der Waals surface area contributed by atoms with E-state index in [1.807, 2.05) is 10.3 Å². The predicted octanol–water partition coefficient (Wildman–Crippen LogP) is 3.72. The number of piperazine rings is 1. The van der Waals surface area contributed by atoms with Gasteiger partial charge in [-0.15, -0.1) is 11.3 Å². The van der Waals surface area contributed by atoms with Crippen LogP contribution in [0.4, 0.5) is 0 Å². The first-order chi connectivity index (χ1) is 16.6. The van der Waals surface area contributed by atoms with E-state index in [4.69, 9.17) is 9.40 Å². The number of likely N-dealkylation sites (tertiary alicyclic amines) is 1. The zero-order valence-electron chi connectivity index (χ0n) is 21.0. The summed E-state index contributed by atoms with van der Waals surface area (Å²) in [6, 6.07) is 3.35. The number of carbonyl (C=O) groups is 3. The molecular weight excluding hydrogens is 464 g/mol. The summed E-state index contributed by atoms with van der Waals surface area (Å²) in [5.41, 5.74) is 0.599. The van der Waals surface area contributed by atoms with Crippen LogP contribution in [0.3, 0.4) is 0 Å². The number of carbonyl (C=O) groups excluding carboxylic acids is 3. The molecule has 0 atom stereocenters. The van der Waals surface area contributed by atoms with Crippen molar-refractivity contribution in [2.24, 2.45) is 16.7 Å². The van der Waals surface area contributed by atoms with Crippen LogP contribution in [0, 0.1) is 16.7 Å². The monoisotopic (exact) mass is 498 g/mol. The number of nitrogens with zero attached hydrogens (tertiary/aromatic N) is 4. The highest BCUT2D eigenvalue weighted by Gasteiger charge is 2.68. The number of hydrogen-bond acceptors (Lipinski definition) is 6. The first-order valence-electron chi connectivity index (χ1n) is 12.5. The molecule has 0 bridgehead atoms. The second-order valence-electron chi connectivity index (χ2n) is 11.1. The molecule has 1 aliphatic carbocycles. The molecule has 5 rings (SSSR count). The molecular formula is C26H34N4O4S. The van der Waals surface area contributed by atoms with Gasteiger partial charge in [0.25, 0.3) is 11.8 Å². The fraction of sp³-hybridized carbons (Fsp3) is 0.615. The Morgan fingerprint density at radius 2 is 1.51 bits per heavy atom. The molecule has 1 saturated carbocycles. The molecule has 3 fully saturated rings. The zero-order valence-corrected chi connectivity index (χ0v) is 21.8. The van der Waals surface area contributed by atoms with Crippen molar-refractivity contribution >= 4 is 29.1 Å². The molecule has 0 spiro atoms. The molecule has 8 nitrogen and oxygen atoms in total. The summed E-state index contributed by atoms with van der Waals surface area (Å²) < 4.78 is 5.20. The molecule has 0 unspecified atom stereocenters. The molecule has 3 amide bonds. The number of aromatic nitrogens is 1. The second-order valence-corrected chi connectivity index (χ2v) is 12.0. The van der Waals surface area contributed by atoms with Crippen molar-refractivity contribution in [2.45, 2.75) is 46.5 Å². The van der Waals surface area contributed by atoms with E-state index in [2.05, 4.69) is 27.7 Å². The van der Waals surface area contributed by atoms with Gasteiger partial charge < -0.3 is 19.1 Å². The highest BCUT2D eigenvalue weighted by atomic mass is 32.1. The molecule has 35 heavy (non-hydrogen) atoms. The Labute approximate surface area is 210 Å². The number of hydrogen-bond donors (Lipinski definition) is 0. The van der Waals surface area contributed by atoms with Crippen molar-refractivity contribution in [3.05, 3.63) is 40.2 Å². The standard InChI is InChI=1S/C26H34N4O4S/c1-25(2)20(26(25,3)4)24(33)28-9-7-17(8-10-28)21-27-18(16-35-21)22(31)29-11-13-30(14-12-29)23(32)19-6-5-15-34-19/h5-6,15-17,20H,7-14H2,1-4H3. The van der Waals surface area contributed by atoms with Crippen LogP contribution in [-0.2, 0) is 4.79 Å². The van der Waals surface area contributed by atoms with Crippen LogP contribution in [0.2, 0.25) is 0 Å². The Morgan fingerprint density at radius 3 is 2.06 bits per heavy atom. The SMILES string of the molecule is CC1(C)C(C(=O)N2CCC(c3nc(C(=O)N4CCN(C(=O)c5ccco5)CC4)cs3)CC2)C1(C)C. The minimum absolute atomic E-state index is 0.0586. The summed E-state index contributed by atoms with van der Waals surface area (Å²) in [5, 5.41) is 2.84. The Bertz CT molecular complexity index is 1090. The van der Waals surface area contributed by atoms with Gasteiger partial charge in [-0.3, -0.25) is 14.4 Å². The highest BCUT2D eigenvalue weighted by Crippen LogP contribution is 2.68. The van der Waals surface area contributed by atoms with Gasteiger partial charge in [0.15, 0.2) is 5.76 Å². The van der Waals surface area contributed by atoms with Crippen molar-refractivity contribution < 1.29 is 18.8 Å². The van der Waals surface area contributed by atoms with Gasteiger partial charge in [0.05, 0.1) is 11.3 Å². The first kappa shape index (κ1) is 24.0. The van der Waals surface area contributed by atoms with Crippen molar-refractivity contribution in [2.75, 3.05) is 39.3 Å². The first-order valence-corrected chi connectivity index (χ1v) is 13.4. The molecule has 4 heterocycles. The summed E-state index contributed by atoms with van der Waals surface area (Å²) >= 11 is 1.54. The van der Waals surface area contributed by atoms with E-state index in [1.165, 1.54) is 6.26 Å². The summed E-state index contributed by atoms with van der Waals surface area (Å²) in [4.78, 5) is 48.8. The topological polar surface area (TPSA) is 87.0 Å². The number of amides is 3. The Morgan fingerprint density at radius 1 is 0.914 bits per heavy atom. The van der Waals surface area contributed by atoms with E-state index in [1.54, 1.807) is 33.3 Å². The molecule has 2 aromatic heterocycles. The Kier molecular flexibility index (Phi) is 6.02. The van der Waals surface area contributed by atoms with E-state index in [0.717, 1.165) is 30.9 Å². The van der Waals surface area contributed by atoms with Crippen LogP contribution >= 0.6 is 11.3 Å². The molecule has 188 valence electrons. The molecule has 9 heteroatoms. The summed E-state index contributed by atoms with van der Waals surface area (Å²) in [7, 11) is 0. The number of piperidine rings is 1. The predicted molar refractivity (Wildman–Crippen MR) is 132 cm³/mol. The fourth-order valence-corrected chi connectivity index (χ4v) is 6.71. The van der Waals surface area contributed by atoms with Crippen LogP contribution in [-0.4, -0.2) is 76.7 Å². The normalized spacial score (nSPS) is 22.3. The van der Waals surface area contributed by atoms with Gasteiger partial charge in [0, 0.05) is 56.5 Å². The lowest BCUT2D eigenvalue weighted by molar-refractivity contribution is -0.134. The third kappa shape index (κ3) is 4.17. The van der Waals surface area contributed by atoms with E-state index in [9.17, 15) is 14.4 Å². The maximum Gasteiger partial charge on any atom is 0.289 e. The maximum atomic E-state index is 13.1. The largest absolute Gasteiger partial charge is 0.459 e. The van der Waals surface area contributed by atoms with Gasteiger partial charge in [0.1, 0.15) is 5.69 Å². The molecule has 0 N–H and O–H groups in total. The lowest BCUT2D eigenvalue weighted by atomic mass is 9.96. The maximum absolute atomic E-state index is 13.1. The van der Waals surface area contributed by atoms with Gasteiger partial charge in [-0.25, -0.2) is 4.98 Å². The minimum Gasteiger partial charge on any atom is -0.459 e. The summed E-state index contributed by atoms with van der Waals surface area (Å²) in [5.74, 6) is 0.781. The molecule has 0 aromatic carbocycles. The van der Waals surface area contributed by atoms with Crippen molar-refractivity contribution in [1.29, 1.82) is 0 Å². The van der Waals surface area contributed by atoms with Gasteiger partial charge in [-0.05, 0) is 35.8 Å². The summed E-state index contributed by atoms with van der Waals surface area (Å²) in [6.07, 6.45) is 3.26. The Balaban J connectivity index is 1.13. The third-order valence-corrected chi connectivity index (χ3v) is 9.76. The lowest BCUT2D eigenvalue weighted by Crippen LogP contribution is -2.50. The van der Waals surface area contributed by atoms with Gasteiger partial charge >= 0.3 is 0 Å². The molecule has 3 aliphatic rings. The average Bonchev–Trinajstić information content (AvgIpc) is 3.40. The van der Waals surface area contributed by atoms with Crippen LogP contribution in [0.1, 0.15) is 72.5 Å². The fourth-order valence-electron chi connectivity index (χ4n) is 5.75. The van der Waals surface area contributed by atoms with Gasteiger partial charge in [0.2, 0.25) is 5.91 Å². The quantitative estimate of drug-likeness (QED) is 0.641. The smallest absolute Gasteiger partial charge is 0.289 e. The van der Waals surface area contributed by atoms with Crippen LogP contribution < -0.4 is 0 Å². The Hall–Kier alpha value is -2.68. The van der Waals surface area contributed by atoms with E-state index in [0.29, 0.717) is 37.6 Å². The lowest BCUT2D eigenvalue weighted by Gasteiger charge is -2.34. The molecule has 0 radical (unpaired) electrons. The van der Waals surface area contributed by atoms with E-state index < -0.39 is 0 Å². The summed E-state index contributed by atoms with van der Waals surface area (Å²) in [6.45, 7) is 12.2. The van der Waals surface area contributed by atoms with Crippen LogP contribution in [0.5, 0.6) is 0 Å². The molecule has 2 aliphatic heterocycles. The zero-order chi connectivity index (χ0) is 25.0. The van der Waals surface area contributed by atoms with Gasteiger partial charge in [-0.1, -0.05) is 27.7 Å². The number of rotatable bonds is 4. The van der Waals surface area contributed by atoms with Crippen molar-refractivity contribution in [3.8, 4) is 0 Å². The third-order valence-electron chi connectivity index (χ3n) is 8.75. The number of thiazole rings is 1. The van der Waals surface area contributed by atoms with E-state index in [-0.39, 0.29) is 40.4 Å². The van der Waals surface area contributed by atoms with E-state index >= 15 is 0 Å². The minimum atomic E-state index is -0.142.